The highest BCUT2D eigenvalue weighted by Crippen LogP contribution is 2.37. The lowest BCUT2D eigenvalue weighted by Crippen LogP contribution is -2.18. The molecule has 0 heterocycles. The minimum absolute atomic E-state index is 0.212. The minimum Gasteiger partial charge on any atom is -0.460 e. The van der Waals surface area contributed by atoms with E-state index >= 15 is 0 Å². The normalized spacial score (nSPS) is 11.7. The Bertz CT molecular complexity index is 1150. The zero-order valence-electron chi connectivity index (χ0n) is 25.2. The van der Waals surface area contributed by atoms with Crippen LogP contribution in [0.2, 0.25) is 0 Å². The molecule has 0 aromatic carbocycles. The highest BCUT2D eigenvalue weighted by Gasteiger charge is 2.20. The predicted octanol–water partition coefficient (Wildman–Crippen LogP) is 1.34. The van der Waals surface area contributed by atoms with Crippen LogP contribution >= 0.6 is 31.1 Å². The van der Waals surface area contributed by atoms with Gasteiger partial charge in [0.05, 0.1) is 13.2 Å². The largest absolute Gasteiger partial charge is 0.469 e. The zero-order chi connectivity index (χ0) is 37.5. The van der Waals surface area contributed by atoms with E-state index in [1.54, 1.807) is 0 Å². The fraction of sp³-hybridized carbons (Fsp3) is 0.476. The van der Waals surface area contributed by atoms with Crippen LogP contribution in [0.3, 0.4) is 0 Å². The Labute approximate surface area is 264 Å². The van der Waals surface area contributed by atoms with Crippen LogP contribution in [-0.2, 0) is 60.4 Å². The molecule has 0 spiro atoms. The SMILES string of the molecule is C=C(C)C(=O)OCC(C)OP(=O)(O)O.C=C(C)C(=O)OCCOP(=O)(O)O.C=C(C)C(=O)OCCOP(=O)(O)O.C=CP(=O)(O)O. The summed E-state index contributed by atoms with van der Waals surface area (Å²) >= 11 is 0. The fourth-order valence-corrected chi connectivity index (χ4v) is 2.56. The average Bonchev–Trinajstić information content (AvgIpc) is 2.85. The fourth-order valence-electron chi connectivity index (χ4n) is 1.41. The minimum atomic E-state index is -4.52. The molecule has 8 N–H and O–H groups in total. The van der Waals surface area contributed by atoms with E-state index in [9.17, 15) is 32.6 Å². The van der Waals surface area contributed by atoms with Gasteiger partial charge in [-0.15, -0.1) is 0 Å². The third kappa shape index (κ3) is 46.3. The second-order valence-corrected chi connectivity index (χ2v) is 13.3. The van der Waals surface area contributed by atoms with Crippen LogP contribution in [-0.4, -0.2) is 96.2 Å². The molecule has 0 aliphatic rings. The van der Waals surface area contributed by atoms with Gasteiger partial charge in [-0.05, 0) is 27.7 Å². The van der Waals surface area contributed by atoms with Gasteiger partial charge >= 0.3 is 49.0 Å². The number of hydrogen-bond donors (Lipinski definition) is 8. The summed E-state index contributed by atoms with van der Waals surface area (Å²) in [6.45, 7) is 17.3. The van der Waals surface area contributed by atoms with Crippen molar-refractivity contribution in [1.29, 1.82) is 0 Å². The highest BCUT2D eigenvalue weighted by atomic mass is 31.2. The molecule has 1 unspecified atom stereocenters. The predicted molar refractivity (Wildman–Crippen MR) is 158 cm³/mol. The van der Waals surface area contributed by atoms with Crippen LogP contribution < -0.4 is 0 Å². The molecule has 25 heteroatoms. The molecule has 270 valence electrons. The summed E-state index contributed by atoms with van der Waals surface area (Å²) in [5, 5.41) is 0. The molecule has 1 atom stereocenters. The lowest BCUT2D eigenvalue weighted by atomic mass is 10.3. The molecule has 0 rings (SSSR count). The first-order valence-electron chi connectivity index (χ1n) is 11.7. The number of hydrogen-bond acceptors (Lipinski definition) is 13. The lowest BCUT2D eigenvalue weighted by Gasteiger charge is -2.13. The third-order valence-electron chi connectivity index (χ3n) is 3.20. The maximum Gasteiger partial charge on any atom is 0.469 e. The van der Waals surface area contributed by atoms with Gasteiger partial charge in [0.15, 0.2) is 0 Å². The Morgan fingerprint density at radius 1 is 0.609 bits per heavy atom. The van der Waals surface area contributed by atoms with E-state index < -0.39 is 55.1 Å². The van der Waals surface area contributed by atoms with E-state index in [4.69, 9.17) is 39.1 Å². The second kappa shape index (κ2) is 24.9. The molecule has 0 radical (unpaired) electrons. The van der Waals surface area contributed by atoms with Gasteiger partial charge in [0.1, 0.15) is 25.9 Å². The van der Waals surface area contributed by atoms with E-state index in [1.807, 2.05) is 0 Å². The van der Waals surface area contributed by atoms with Crippen molar-refractivity contribution in [2.75, 3.05) is 33.0 Å². The topological polar surface area (TPSA) is 337 Å². The Morgan fingerprint density at radius 2 is 0.891 bits per heavy atom. The maximum absolute atomic E-state index is 10.8. The molecular weight excluding hydrogens is 712 g/mol. The third-order valence-corrected chi connectivity index (χ3v) is 5.35. The van der Waals surface area contributed by atoms with Crippen molar-refractivity contribution in [3.05, 3.63) is 48.9 Å². The summed E-state index contributed by atoms with van der Waals surface area (Å²) in [6.07, 6.45) is -0.862. The van der Waals surface area contributed by atoms with Crippen molar-refractivity contribution in [3.8, 4) is 0 Å². The van der Waals surface area contributed by atoms with Crippen LogP contribution in [0.25, 0.3) is 0 Å². The van der Waals surface area contributed by atoms with Crippen LogP contribution in [0.4, 0.5) is 0 Å². The van der Waals surface area contributed by atoms with Gasteiger partial charge in [0, 0.05) is 22.5 Å². The number of carbonyl (C=O) groups excluding carboxylic acids is 3. The molecule has 0 amide bonds. The molecule has 0 fully saturated rings. The molecule has 0 bridgehead atoms. The molecule has 0 aromatic rings. The van der Waals surface area contributed by atoms with Gasteiger partial charge in [-0.2, -0.15) is 0 Å². The van der Waals surface area contributed by atoms with Crippen molar-refractivity contribution in [3.63, 3.8) is 0 Å². The summed E-state index contributed by atoms with van der Waals surface area (Å²) in [5.74, 6) is -1.25. The number of esters is 3. The smallest absolute Gasteiger partial charge is 0.460 e. The Balaban J connectivity index is -0.000000264. The highest BCUT2D eigenvalue weighted by molar-refractivity contribution is 7.55. The Hall–Kier alpha value is -2.15. The van der Waals surface area contributed by atoms with Crippen LogP contribution in [0.5, 0.6) is 0 Å². The van der Waals surface area contributed by atoms with Crippen molar-refractivity contribution in [2.24, 2.45) is 0 Å². The molecule has 0 aliphatic carbocycles. The summed E-state index contributed by atoms with van der Waals surface area (Å²) in [7, 11) is -17.3. The molecule has 0 saturated carbocycles. The van der Waals surface area contributed by atoms with Gasteiger partial charge in [-0.3, -0.25) is 18.1 Å². The van der Waals surface area contributed by atoms with Gasteiger partial charge in [0.2, 0.25) is 0 Å². The summed E-state index contributed by atoms with van der Waals surface area (Å²) in [4.78, 5) is 97.6. The van der Waals surface area contributed by atoms with Gasteiger partial charge < -0.3 is 53.4 Å². The van der Waals surface area contributed by atoms with E-state index in [2.05, 4.69) is 54.1 Å². The van der Waals surface area contributed by atoms with Crippen LogP contribution in [0.1, 0.15) is 27.7 Å². The van der Waals surface area contributed by atoms with Crippen molar-refractivity contribution >= 4 is 49.0 Å². The van der Waals surface area contributed by atoms with Gasteiger partial charge in [-0.1, -0.05) is 26.3 Å². The van der Waals surface area contributed by atoms with Crippen molar-refractivity contribution in [1.82, 2.24) is 0 Å². The first-order valence-corrected chi connectivity index (χ1v) is 18.0. The first kappa shape index (κ1) is 50.7. The molecular formula is C21H40O21P4. The van der Waals surface area contributed by atoms with Crippen molar-refractivity contribution in [2.45, 2.75) is 33.8 Å². The summed E-state index contributed by atoms with van der Waals surface area (Å²) in [5.41, 5.74) is 0.653. The maximum atomic E-state index is 10.8. The van der Waals surface area contributed by atoms with Gasteiger partial charge in [0.25, 0.3) is 0 Å². The monoisotopic (exact) mass is 752 g/mol. The van der Waals surface area contributed by atoms with Crippen LogP contribution in [0, 0.1) is 0 Å². The molecule has 46 heavy (non-hydrogen) atoms. The summed E-state index contributed by atoms with van der Waals surface area (Å²) < 4.78 is 66.0. The van der Waals surface area contributed by atoms with E-state index in [0.717, 1.165) is 0 Å². The average molecular weight is 752 g/mol. The molecule has 21 nitrogen and oxygen atoms in total. The van der Waals surface area contributed by atoms with Crippen molar-refractivity contribution < 1.29 is 99.6 Å². The Morgan fingerprint density at radius 3 is 1.11 bits per heavy atom. The first-order chi connectivity index (χ1) is 20.4. The number of rotatable bonds is 16. The number of phosphoric ester groups is 3. The molecule has 0 saturated heterocycles. The Kier molecular flexibility index (Phi) is 27.5. The van der Waals surface area contributed by atoms with E-state index in [1.165, 1.54) is 27.7 Å². The molecule has 0 aromatic heterocycles. The number of phosphoric acid groups is 3. The van der Waals surface area contributed by atoms with E-state index in [-0.39, 0.29) is 49.8 Å². The van der Waals surface area contributed by atoms with Crippen LogP contribution in [0.15, 0.2) is 48.9 Å². The quantitative estimate of drug-likeness (QED) is 0.0362. The number of ether oxygens (including phenoxy) is 3. The zero-order valence-corrected chi connectivity index (χ0v) is 28.8. The number of carbonyl (C=O) groups is 3. The standard InChI is InChI=1S/C7H13O6P.2C6H11O6P.C2H5O3P/c1-5(2)7(8)12-4-6(3)13-14(9,10)11;2*1-5(2)6(7)11-3-4-12-13(8,9)10;1-2-6(3,4)5/h6H,1,4H2,2-3H3,(H2,9,10,11);2*1,3-4H2,2H3,(H2,8,9,10);2H,1H2,(H2,3,4,5). The molecule has 0 aliphatic heterocycles. The second-order valence-electron chi connectivity index (χ2n) is 8.04. The van der Waals surface area contributed by atoms with E-state index in [0.29, 0.717) is 5.82 Å². The lowest BCUT2D eigenvalue weighted by molar-refractivity contribution is -0.141. The van der Waals surface area contributed by atoms with Gasteiger partial charge in [-0.25, -0.2) is 28.1 Å². The summed E-state index contributed by atoms with van der Waals surface area (Å²) in [6, 6.07) is 0.